The monoisotopic (exact) mass is 374 g/mol. The van der Waals surface area contributed by atoms with Gasteiger partial charge in [-0.05, 0) is 82.3 Å². The summed E-state index contributed by atoms with van der Waals surface area (Å²) in [4.78, 5) is 0. The molecule has 0 radical (unpaired) electrons. The van der Waals surface area contributed by atoms with Crippen LogP contribution in [0.1, 0.15) is 35.1 Å². The smallest absolute Gasteiger partial charge is 0.0149 e. The van der Waals surface area contributed by atoms with Gasteiger partial charge in [-0.25, -0.2) is 0 Å². The van der Waals surface area contributed by atoms with Gasteiger partial charge in [0, 0.05) is 0 Å². The normalized spacial score (nSPS) is 14.1. The van der Waals surface area contributed by atoms with Gasteiger partial charge in [0.2, 0.25) is 0 Å². The van der Waals surface area contributed by atoms with Crippen LogP contribution in [-0.4, -0.2) is 0 Å². The molecule has 0 amide bonds. The minimum Gasteiger partial charge on any atom is -0.0836 e. The zero-order chi connectivity index (χ0) is 19.5. The van der Waals surface area contributed by atoms with Crippen molar-refractivity contribution in [3.63, 3.8) is 0 Å². The van der Waals surface area contributed by atoms with Crippen LogP contribution in [0, 0.1) is 0 Å². The number of rotatable bonds is 0. The molecule has 0 heteroatoms. The van der Waals surface area contributed by atoms with E-state index in [1.54, 1.807) is 0 Å². The third-order valence-corrected chi connectivity index (χ3v) is 6.10. The van der Waals surface area contributed by atoms with Gasteiger partial charge < -0.3 is 0 Å². The quantitative estimate of drug-likeness (QED) is 0.297. The Balaban J connectivity index is 0.000000125. The molecule has 0 nitrogen and oxygen atoms in total. The fraction of sp³-hybridized carbons (Fsp3) is 0.172. The lowest BCUT2D eigenvalue weighted by molar-refractivity contribution is 0.835. The summed E-state index contributed by atoms with van der Waals surface area (Å²) in [6.07, 6.45) is 10.6. The number of hydrogen-bond acceptors (Lipinski definition) is 0. The highest BCUT2D eigenvalue weighted by atomic mass is 14.2. The Morgan fingerprint density at radius 1 is 0.517 bits per heavy atom. The summed E-state index contributed by atoms with van der Waals surface area (Å²) in [6, 6.07) is 30.8. The second-order valence-corrected chi connectivity index (χ2v) is 8.01. The van der Waals surface area contributed by atoms with Crippen molar-refractivity contribution in [2.45, 2.75) is 32.1 Å². The third kappa shape index (κ3) is 3.76. The van der Waals surface area contributed by atoms with E-state index in [0.717, 1.165) is 0 Å². The van der Waals surface area contributed by atoms with Gasteiger partial charge in [0.15, 0.2) is 0 Å². The van der Waals surface area contributed by atoms with Crippen LogP contribution in [0.4, 0.5) is 0 Å². The van der Waals surface area contributed by atoms with Crippen molar-refractivity contribution in [3.05, 3.63) is 113 Å². The van der Waals surface area contributed by atoms with E-state index in [4.69, 9.17) is 0 Å². The Kier molecular flexibility index (Phi) is 5.01. The zero-order valence-corrected chi connectivity index (χ0v) is 16.8. The fourth-order valence-corrected chi connectivity index (χ4v) is 4.60. The van der Waals surface area contributed by atoms with Gasteiger partial charge in [0.25, 0.3) is 0 Å². The first-order chi connectivity index (χ1) is 14.4. The molecule has 6 rings (SSSR count). The van der Waals surface area contributed by atoms with E-state index in [1.807, 2.05) is 0 Å². The van der Waals surface area contributed by atoms with Crippen molar-refractivity contribution in [1.82, 2.24) is 0 Å². The summed E-state index contributed by atoms with van der Waals surface area (Å²) >= 11 is 0. The zero-order valence-electron chi connectivity index (χ0n) is 16.8. The van der Waals surface area contributed by atoms with Crippen LogP contribution in [0.2, 0.25) is 0 Å². The molecular weight excluding hydrogens is 348 g/mol. The molecule has 4 aromatic rings. The summed E-state index contributed by atoms with van der Waals surface area (Å²) in [5.41, 5.74) is 8.77. The molecule has 0 saturated carbocycles. The van der Waals surface area contributed by atoms with Crippen LogP contribution < -0.4 is 0 Å². The average molecular weight is 375 g/mol. The molecule has 0 spiro atoms. The SMILES string of the molecule is C1=Cc2cc3ccccc3cc2CC1.c1ccc2c(c1)CCCc1ccccc1-2. The van der Waals surface area contributed by atoms with Gasteiger partial charge in [-0.2, -0.15) is 0 Å². The largest absolute Gasteiger partial charge is 0.0836 e. The van der Waals surface area contributed by atoms with Crippen molar-refractivity contribution in [2.24, 2.45) is 0 Å². The van der Waals surface area contributed by atoms with Gasteiger partial charge in [-0.1, -0.05) is 91.0 Å². The molecule has 2 aliphatic carbocycles. The minimum atomic E-state index is 1.19. The first kappa shape index (κ1) is 17.9. The number of fused-ring (bicyclic) bond motifs is 5. The summed E-state index contributed by atoms with van der Waals surface area (Å²) in [5.74, 6) is 0. The van der Waals surface area contributed by atoms with Gasteiger partial charge >= 0.3 is 0 Å². The highest BCUT2D eigenvalue weighted by Crippen LogP contribution is 2.31. The molecule has 0 atom stereocenters. The predicted octanol–water partition coefficient (Wildman–Crippen LogP) is 7.64. The highest BCUT2D eigenvalue weighted by Gasteiger charge is 2.12. The molecule has 0 saturated heterocycles. The highest BCUT2D eigenvalue weighted by molar-refractivity contribution is 5.86. The Bertz CT molecular complexity index is 1130. The minimum absolute atomic E-state index is 1.19. The van der Waals surface area contributed by atoms with Crippen LogP contribution in [-0.2, 0) is 19.3 Å². The number of aryl methyl sites for hydroxylation is 3. The Morgan fingerprint density at radius 3 is 1.79 bits per heavy atom. The average Bonchev–Trinajstić information content (AvgIpc) is 2.98. The lowest BCUT2D eigenvalue weighted by Gasteiger charge is -2.11. The van der Waals surface area contributed by atoms with Gasteiger partial charge in [-0.3, -0.25) is 0 Å². The Labute approximate surface area is 173 Å². The van der Waals surface area contributed by atoms with Crippen LogP contribution in [0.25, 0.3) is 28.0 Å². The summed E-state index contributed by atoms with van der Waals surface area (Å²) in [7, 11) is 0. The molecule has 0 aliphatic heterocycles. The van der Waals surface area contributed by atoms with E-state index < -0.39 is 0 Å². The number of allylic oxidation sites excluding steroid dienone is 1. The second kappa shape index (κ2) is 8.09. The van der Waals surface area contributed by atoms with Crippen molar-refractivity contribution in [1.29, 1.82) is 0 Å². The maximum atomic E-state index is 2.33. The predicted molar refractivity (Wildman–Crippen MR) is 125 cm³/mol. The van der Waals surface area contributed by atoms with E-state index in [1.165, 1.54) is 76.3 Å². The Morgan fingerprint density at radius 2 is 1.10 bits per heavy atom. The lowest BCUT2D eigenvalue weighted by atomic mass is 9.94. The van der Waals surface area contributed by atoms with Gasteiger partial charge in [0.1, 0.15) is 0 Å². The molecule has 2 aliphatic rings. The maximum absolute atomic E-state index is 2.33. The number of benzene rings is 4. The molecular formula is C29H26. The third-order valence-electron chi connectivity index (χ3n) is 6.10. The van der Waals surface area contributed by atoms with Gasteiger partial charge in [0.05, 0.1) is 0 Å². The summed E-state index contributed by atoms with van der Waals surface area (Å²) in [5, 5.41) is 2.71. The van der Waals surface area contributed by atoms with Crippen molar-refractivity contribution in [3.8, 4) is 11.1 Å². The second-order valence-electron chi connectivity index (χ2n) is 8.01. The maximum Gasteiger partial charge on any atom is -0.0149 e. The molecule has 142 valence electrons. The standard InChI is InChI=1S/C15H14.C14H12/c1-3-10-14-12(6-1)8-5-9-13-7-2-4-11-15(13)14;1-2-6-12-10-14-8-4-3-7-13(14)9-11(12)5-1/h1-4,6-7,10-11H,5,8-9H2;1-3,5-7,9-10H,4,8H2. The first-order valence-electron chi connectivity index (χ1n) is 10.7. The van der Waals surface area contributed by atoms with E-state index in [2.05, 4.69) is 97.1 Å². The molecule has 0 N–H and O–H groups in total. The van der Waals surface area contributed by atoms with E-state index in [-0.39, 0.29) is 0 Å². The van der Waals surface area contributed by atoms with Gasteiger partial charge in [-0.15, -0.1) is 0 Å². The molecule has 0 bridgehead atoms. The van der Waals surface area contributed by atoms with E-state index in [0.29, 0.717) is 0 Å². The topological polar surface area (TPSA) is 0 Å². The lowest BCUT2D eigenvalue weighted by Crippen LogP contribution is -1.93. The summed E-state index contributed by atoms with van der Waals surface area (Å²) in [6.45, 7) is 0. The van der Waals surface area contributed by atoms with Crippen LogP contribution in [0.5, 0.6) is 0 Å². The van der Waals surface area contributed by atoms with Crippen molar-refractivity contribution < 1.29 is 0 Å². The molecule has 29 heavy (non-hydrogen) atoms. The Hall–Kier alpha value is -3.12. The number of hydrogen-bond donors (Lipinski definition) is 0. The van der Waals surface area contributed by atoms with Crippen molar-refractivity contribution >= 4 is 16.8 Å². The van der Waals surface area contributed by atoms with Crippen LogP contribution >= 0.6 is 0 Å². The molecule has 0 aromatic heterocycles. The summed E-state index contributed by atoms with van der Waals surface area (Å²) < 4.78 is 0. The van der Waals surface area contributed by atoms with Crippen molar-refractivity contribution in [2.75, 3.05) is 0 Å². The molecule has 0 fully saturated rings. The molecule has 0 heterocycles. The van der Waals surface area contributed by atoms with Crippen LogP contribution in [0.15, 0.2) is 91.0 Å². The fourth-order valence-electron chi connectivity index (χ4n) is 4.60. The molecule has 0 unspecified atom stereocenters. The van der Waals surface area contributed by atoms with E-state index in [9.17, 15) is 0 Å². The van der Waals surface area contributed by atoms with Crippen LogP contribution in [0.3, 0.4) is 0 Å². The molecule has 4 aromatic carbocycles. The first-order valence-corrected chi connectivity index (χ1v) is 10.7. The van der Waals surface area contributed by atoms with E-state index >= 15 is 0 Å².